The topological polar surface area (TPSA) is 26.3 Å². The molecule has 0 spiro atoms. The van der Waals surface area contributed by atoms with Gasteiger partial charge in [-0.05, 0) is 0 Å². The molecule has 0 N–H and O–H groups in total. The van der Waals surface area contributed by atoms with Gasteiger partial charge in [-0.15, -0.1) is 0 Å². The zero-order chi connectivity index (χ0) is 6.69. The average Bonchev–Trinajstić information content (AvgIpc) is 1.90. The van der Waals surface area contributed by atoms with E-state index in [2.05, 4.69) is 0 Å². The van der Waals surface area contributed by atoms with E-state index in [9.17, 15) is 4.79 Å². The fourth-order valence-electron chi connectivity index (χ4n) is 0.535. The summed E-state index contributed by atoms with van der Waals surface area (Å²) in [6, 6.07) is 0. The summed E-state index contributed by atoms with van der Waals surface area (Å²) >= 11 is 0.894. The molecular weight excluding hydrogens is 223 g/mol. The van der Waals surface area contributed by atoms with Crippen molar-refractivity contribution in [3.63, 3.8) is 0 Å². The monoisotopic (exact) mass is 229 g/mol. The van der Waals surface area contributed by atoms with Crippen molar-refractivity contribution in [2.45, 2.75) is 6.10 Å². The summed E-state index contributed by atoms with van der Waals surface area (Å²) in [4.78, 5) is 10.6. The van der Waals surface area contributed by atoms with E-state index in [1.807, 2.05) is 6.08 Å². The zero-order valence-electron chi connectivity index (χ0n) is 4.70. The van der Waals surface area contributed by atoms with Gasteiger partial charge in [0.05, 0.1) is 0 Å². The third-order valence-electron chi connectivity index (χ3n) is 0.959. The van der Waals surface area contributed by atoms with E-state index in [1.165, 1.54) is 6.26 Å². The van der Waals surface area contributed by atoms with Crippen molar-refractivity contribution >= 4 is 26.3 Å². The summed E-state index contributed by atoms with van der Waals surface area (Å²) in [5, 5.41) is 0. The van der Waals surface area contributed by atoms with Crippen LogP contribution in [0.3, 0.4) is 0 Å². The van der Waals surface area contributed by atoms with Crippen molar-refractivity contribution in [3.05, 3.63) is 24.5 Å². The molecule has 0 aromatic carbocycles. The van der Waals surface area contributed by atoms with Crippen molar-refractivity contribution in [1.82, 2.24) is 0 Å². The molecule has 0 fully saturated rings. The number of allylic oxidation sites excluding steroid dienone is 2. The Labute approximate surface area is 66.7 Å². The molecule has 1 rings (SSSR count). The van der Waals surface area contributed by atoms with Crippen LogP contribution in [0.15, 0.2) is 24.5 Å². The molecule has 0 aromatic heterocycles. The fraction of sp³-hybridized carbons (Fsp3) is 0.167. The first kappa shape index (κ1) is 6.86. The number of ether oxygens (including phenoxy) is 1. The van der Waals surface area contributed by atoms with Crippen LogP contribution in [-0.2, 0) is 9.53 Å². The van der Waals surface area contributed by atoms with E-state index < -0.39 is 0 Å². The first-order chi connectivity index (χ1) is 4.30. The van der Waals surface area contributed by atoms with Crippen LogP contribution in [0.25, 0.3) is 0 Å². The van der Waals surface area contributed by atoms with Gasteiger partial charge < -0.3 is 0 Å². The molecule has 0 saturated heterocycles. The second kappa shape index (κ2) is 3.05. The van der Waals surface area contributed by atoms with Crippen LogP contribution in [0, 0.1) is 0 Å². The standard InChI is InChI=1S/C6H5O2.Sn/c7-5-6-3-1-2-4-8-6;/h1-4,6H;. The van der Waals surface area contributed by atoms with E-state index in [-0.39, 0.29) is 9.90 Å². The van der Waals surface area contributed by atoms with Gasteiger partial charge in [-0.3, -0.25) is 0 Å². The molecule has 0 aliphatic carbocycles. The van der Waals surface area contributed by atoms with Crippen molar-refractivity contribution in [2.75, 3.05) is 0 Å². The fourth-order valence-corrected chi connectivity index (χ4v) is 1.00. The van der Waals surface area contributed by atoms with Crippen LogP contribution in [0.1, 0.15) is 0 Å². The molecule has 3 heteroatoms. The molecule has 0 bridgehead atoms. The molecule has 3 radical (unpaired) electrons. The Kier molecular flexibility index (Phi) is 2.33. The molecule has 2 nitrogen and oxygen atoms in total. The van der Waals surface area contributed by atoms with Gasteiger partial charge >= 0.3 is 66.4 Å². The number of carbonyl (C=O) groups excluding carboxylic acids is 1. The minimum absolute atomic E-state index is 0.128. The second-order valence-corrected chi connectivity index (χ2v) is 3.04. The molecule has 9 heavy (non-hydrogen) atoms. The van der Waals surface area contributed by atoms with E-state index in [0.717, 1.165) is 22.5 Å². The number of carbonyl (C=O) groups is 1. The molecular formula is C6H5O2Sn. The summed E-state index contributed by atoms with van der Waals surface area (Å²) in [6.07, 6.45) is 6.54. The van der Waals surface area contributed by atoms with Gasteiger partial charge in [0.1, 0.15) is 0 Å². The van der Waals surface area contributed by atoms with Crippen LogP contribution in [0.5, 0.6) is 0 Å². The predicted molar refractivity (Wildman–Crippen MR) is 33.9 cm³/mol. The molecule has 1 aliphatic heterocycles. The Balaban J connectivity index is 2.56. The van der Waals surface area contributed by atoms with Crippen LogP contribution < -0.4 is 0 Å². The summed E-state index contributed by atoms with van der Waals surface area (Å²) in [7, 11) is 0. The van der Waals surface area contributed by atoms with Gasteiger partial charge in [-0.1, -0.05) is 0 Å². The third kappa shape index (κ3) is 1.86. The minimum atomic E-state index is -0.312. The van der Waals surface area contributed by atoms with Crippen molar-refractivity contribution in [3.8, 4) is 0 Å². The SMILES string of the molecule is O=[C]([Sn])C1C=CC=CO1. The molecule has 1 atom stereocenters. The van der Waals surface area contributed by atoms with Gasteiger partial charge in [-0.25, -0.2) is 0 Å². The van der Waals surface area contributed by atoms with Gasteiger partial charge in [0.25, 0.3) is 0 Å². The normalized spacial score (nSPS) is 23.4. The van der Waals surface area contributed by atoms with Gasteiger partial charge in [0.15, 0.2) is 0 Å². The second-order valence-electron chi connectivity index (χ2n) is 1.63. The van der Waals surface area contributed by atoms with Gasteiger partial charge in [0.2, 0.25) is 0 Å². The Morgan fingerprint density at radius 2 is 2.33 bits per heavy atom. The Morgan fingerprint density at radius 3 is 2.67 bits per heavy atom. The van der Waals surface area contributed by atoms with Crippen molar-refractivity contribution < 1.29 is 9.53 Å². The third-order valence-corrected chi connectivity index (χ3v) is 1.77. The number of hydrogen-bond donors (Lipinski definition) is 0. The molecule has 1 aliphatic rings. The van der Waals surface area contributed by atoms with Crippen LogP contribution in [-0.4, -0.2) is 32.4 Å². The van der Waals surface area contributed by atoms with Crippen molar-refractivity contribution in [1.29, 1.82) is 0 Å². The molecule has 45 valence electrons. The van der Waals surface area contributed by atoms with E-state index >= 15 is 0 Å². The molecule has 0 aromatic rings. The molecule has 1 heterocycles. The number of rotatable bonds is 1. The summed E-state index contributed by atoms with van der Waals surface area (Å²) in [6.45, 7) is 0. The number of hydrogen-bond acceptors (Lipinski definition) is 2. The zero-order valence-corrected chi connectivity index (χ0v) is 7.56. The Morgan fingerprint density at radius 1 is 1.56 bits per heavy atom. The quantitative estimate of drug-likeness (QED) is 0.597. The summed E-state index contributed by atoms with van der Waals surface area (Å²) in [5.41, 5.74) is 0. The van der Waals surface area contributed by atoms with Crippen molar-refractivity contribution in [2.24, 2.45) is 0 Å². The summed E-state index contributed by atoms with van der Waals surface area (Å²) in [5.74, 6) is 0. The molecule has 1 unspecified atom stereocenters. The molecule has 0 amide bonds. The summed E-state index contributed by atoms with van der Waals surface area (Å²) < 4.78 is 5.07. The maximum atomic E-state index is 10.6. The Hall–Kier alpha value is -0.251. The van der Waals surface area contributed by atoms with Gasteiger partial charge in [0, 0.05) is 0 Å². The Bertz CT molecular complexity index is 172. The van der Waals surface area contributed by atoms with Crippen LogP contribution in [0.4, 0.5) is 0 Å². The van der Waals surface area contributed by atoms with Crippen LogP contribution in [0.2, 0.25) is 0 Å². The van der Waals surface area contributed by atoms with Gasteiger partial charge in [-0.2, -0.15) is 0 Å². The predicted octanol–water partition coefficient (Wildman–Crippen LogP) is 0.150. The first-order valence-electron chi connectivity index (χ1n) is 2.55. The average molecular weight is 228 g/mol. The van der Waals surface area contributed by atoms with E-state index in [0.29, 0.717) is 0 Å². The first-order valence-corrected chi connectivity index (χ1v) is 3.97. The maximum absolute atomic E-state index is 10.6. The molecule has 0 saturated carbocycles. The van der Waals surface area contributed by atoms with E-state index in [4.69, 9.17) is 4.74 Å². The van der Waals surface area contributed by atoms with E-state index in [1.54, 1.807) is 12.2 Å². The van der Waals surface area contributed by atoms with Crippen LogP contribution >= 0.6 is 0 Å².